The molecule has 1 amide bonds. The average Bonchev–Trinajstić information content (AvgIpc) is 3.23. The van der Waals surface area contributed by atoms with Gasteiger partial charge in [0.05, 0.1) is 6.54 Å². The maximum atomic E-state index is 13.2. The molecule has 7 nitrogen and oxygen atoms in total. The SMILES string of the molecule is O=C(O)CN1C[C@@H]2C[C@H](C1)c1ccc(C(=O)N3C[C@H]4CCC[C@H]4C3)c(=O)n1C2. The van der Waals surface area contributed by atoms with Crippen molar-refractivity contribution >= 4 is 11.9 Å². The molecule has 7 heteroatoms. The number of aliphatic carboxylic acids is 1. The first kappa shape index (κ1) is 17.9. The Kier molecular flexibility index (Phi) is 4.30. The predicted octanol–water partition coefficient (Wildman–Crippen LogP) is 1.22. The van der Waals surface area contributed by atoms with Gasteiger partial charge in [0.2, 0.25) is 0 Å². The van der Waals surface area contributed by atoms with Crippen molar-refractivity contribution in [2.75, 3.05) is 32.7 Å². The molecule has 1 saturated carbocycles. The summed E-state index contributed by atoms with van der Waals surface area (Å²) in [5.41, 5.74) is 1.08. The summed E-state index contributed by atoms with van der Waals surface area (Å²) in [7, 11) is 0. The maximum absolute atomic E-state index is 13.2. The number of fused-ring (bicyclic) bond motifs is 5. The summed E-state index contributed by atoms with van der Waals surface area (Å²) in [6, 6.07) is 3.64. The van der Waals surface area contributed by atoms with Crippen molar-refractivity contribution in [2.24, 2.45) is 17.8 Å². The fraction of sp³-hybridized carbons (Fsp3) is 0.667. The number of nitrogens with zero attached hydrogens (tertiary/aromatic N) is 3. The highest BCUT2D eigenvalue weighted by molar-refractivity contribution is 5.94. The molecular formula is C21H27N3O4. The summed E-state index contributed by atoms with van der Waals surface area (Å²) >= 11 is 0. The van der Waals surface area contributed by atoms with Gasteiger partial charge in [-0.2, -0.15) is 0 Å². The maximum Gasteiger partial charge on any atom is 0.317 e. The zero-order valence-electron chi connectivity index (χ0n) is 16.0. The molecule has 1 aromatic rings. The van der Waals surface area contributed by atoms with E-state index in [4.69, 9.17) is 5.11 Å². The Morgan fingerprint density at radius 1 is 1.04 bits per heavy atom. The van der Waals surface area contributed by atoms with E-state index in [0.29, 0.717) is 37.0 Å². The van der Waals surface area contributed by atoms with Crippen LogP contribution in [-0.4, -0.2) is 64.1 Å². The molecule has 0 unspecified atom stereocenters. The first-order valence-electron chi connectivity index (χ1n) is 10.5. The molecule has 2 saturated heterocycles. The van der Waals surface area contributed by atoms with Gasteiger partial charge in [0, 0.05) is 44.3 Å². The van der Waals surface area contributed by atoms with E-state index in [-0.39, 0.29) is 29.8 Å². The molecule has 2 bridgehead atoms. The minimum atomic E-state index is -0.811. The van der Waals surface area contributed by atoms with Gasteiger partial charge in [0.1, 0.15) is 5.56 Å². The molecule has 150 valence electrons. The minimum absolute atomic E-state index is 0.0467. The van der Waals surface area contributed by atoms with Crippen LogP contribution < -0.4 is 5.56 Å². The summed E-state index contributed by atoms with van der Waals surface area (Å²) in [4.78, 5) is 41.1. The van der Waals surface area contributed by atoms with Crippen LogP contribution in [0.25, 0.3) is 0 Å². The number of pyridine rings is 1. The van der Waals surface area contributed by atoms with Gasteiger partial charge >= 0.3 is 5.97 Å². The van der Waals surface area contributed by atoms with Gasteiger partial charge in [-0.1, -0.05) is 6.42 Å². The van der Waals surface area contributed by atoms with E-state index in [1.165, 1.54) is 19.3 Å². The molecule has 3 fully saturated rings. The second-order valence-corrected chi connectivity index (χ2v) is 9.14. The molecule has 0 aromatic carbocycles. The van der Waals surface area contributed by atoms with Crippen LogP contribution in [0.3, 0.4) is 0 Å². The predicted molar refractivity (Wildman–Crippen MR) is 102 cm³/mol. The van der Waals surface area contributed by atoms with E-state index in [9.17, 15) is 14.4 Å². The zero-order chi connectivity index (χ0) is 19.4. The first-order chi connectivity index (χ1) is 13.5. The van der Waals surface area contributed by atoms with Crippen LogP contribution in [0, 0.1) is 17.8 Å². The third-order valence-corrected chi connectivity index (χ3v) is 7.28. The van der Waals surface area contributed by atoms with Crippen LogP contribution in [-0.2, 0) is 11.3 Å². The second-order valence-electron chi connectivity index (χ2n) is 9.14. The van der Waals surface area contributed by atoms with Crippen molar-refractivity contribution in [3.8, 4) is 0 Å². The Balaban J connectivity index is 1.39. The standard InChI is InChI=1S/C21H27N3O4/c25-19(26)12-22-7-13-6-16(9-22)18-5-4-17(21(28)24(18)8-13)20(27)23-10-14-2-1-3-15(14)11-23/h4-5,13-16H,1-3,6-12H2,(H,25,26)/t13-,14-,15+,16+/m0/s1. The molecule has 1 aliphatic carbocycles. The summed E-state index contributed by atoms with van der Waals surface area (Å²) in [6.45, 7) is 3.56. The lowest BCUT2D eigenvalue weighted by molar-refractivity contribution is -0.139. The van der Waals surface area contributed by atoms with E-state index in [2.05, 4.69) is 0 Å². The normalized spacial score (nSPS) is 31.5. The number of aromatic nitrogens is 1. The fourth-order valence-corrected chi connectivity index (χ4v) is 6.10. The molecule has 1 N–H and O–H groups in total. The van der Waals surface area contributed by atoms with Crippen LogP contribution >= 0.6 is 0 Å². The van der Waals surface area contributed by atoms with Gasteiger partial charge in [-0.25, -0.2) is 0 Å². The number of carboxylic acid groups (broad SMARTS) is 1. The van der Waals surface area contributed by atoms with Crippen molar-refractivity contribution in [3.05, 3.63) is 33.7 Å². The number of likely N-dealkylation sites (tertiary alicyclic amines) is 2. The van der Waals surface area contributed by atoms with E-state index in [0.717, 1.165) is 25.2 Å². The number of rotatable bonds is 3. The average molecular weight is 385 g/mol. The van der Waals surface area contributed by atoms with Crippen molar-refractivity contribution in [2.45, 2.75) is 38.1 Å². The number of hydrogen-bond donors (Lipinski definition) is 1. The van der Waals surface area contributed by atoms with Gasteiger partial charge in [-0.15, -0.1) is 0 Å². The van der Waals surface area contributed by atoms with Crippen LogP contribution in [0.4, 0.5) is 0 Å². The van der Waals surface area contributed by atoms with Crippen molar-refractivity contribution in [1.82, 2.24) is 14.4 Å². The highest BCUT2D eigenvalue weighted by Gasteiger charge is 2.40. The molecule has 28 heavy (non-hydrogen) atoms. The monoisotopic (exact) mass is 385 g/mol. The van der Waals surface area contributed by atoms with Crippen LogP contribution in [0.15, 0.2) is 16.9 Å². The van der Waals surface area contributed by atoms with Crippen molar-refractivity contribution < 1.29 is 14.7 Å². The van der Waals surface area contributed by atoms with Crippen molar-refractivity contribution in [1.29, 1.82) is 0 Å². The third-order valence-electron chi connectivity index (χ3n) is 7.28. The van der Waals surface area contributed by atoms with Crippen LogP contribution in [0.5, 0.6) is 0 Å². The van der Waals surface area contributed by atoms with Gasteiger partial charge in [-0.05, 0) is 49.1 Å². The summed E-state index contributed by atoms with van der Waals surface area (Å²) < 4.78 is 1.79. The van der Waals surface area contributed by atoms with Crippen LogP contribution in [0.2, 0.25) is 0 Å². The van der Waals surface area contributed by atoms with Crippen LogP contribution in [0.1, 0.15) is 47.7 Å². The molecule has 1 aromatic heterocycles. The van der Waals surface area contributed by atoms with E-state index >= 15 is 0 Å². The Bertz CT molecular complexity index is 867. The number of carboxylic acids is 1. The lowest BCUT2D eigenvalue weighted by Crippen LogP contribution is -2.49. The first-order valence-corrected chi connectivity index (χ1v) is 10.5. The summed E-state index contributed by atoms with van der Waals surface area (Å²) in [5, 5.41) is 9.09. The quantitative estimate of drug-likeness (QED) is 0.846. The molecule has 0 spiro atoms. The largest absolute Gasteiger partial charge is 0.480 e. The fourth-order valence-electron chi connectivity index (χ4n) is 6.10. The Labute approximate surface area is 163 Å². The Morgan fingerprint density at radius 2 is 1.79 bits per heavy atom. The number of carbonyl (C=O) groups is 2. The second kappa shape index (κ2) is 6.72. The lowest BCUT2D eigenvalue weighted by atomic mass is 9.83. The van der Waals surface area contributed by atoms with E-state index < -0.39 is 5.97 Å². The molecule has 4 aliphatic rings. The van der Waals surface area contributed by atoms with Gasteiger partial charge in [0.25, 0.3) is 11.5 Å². The number of piperidine rings is 1. The molecule has 3 aliphatic heterocycles. The smallest absolute Gasteiger partial charge is 0.317 e. The highest BCUT2D eigenvalue weighted by Crippen LogP contribution is 2.38. The highest BCUT2D eigenvalue weighted by atomic mass is 16.4. The minimum Gasteiger partial charge on any atom is -0.480 e. The van der Waals surface area contributed by atoms with Gasteiger partial charge in [0.15, 0.2) is 0 Å². The van der Waals surface area contributed by atoms with Gasteiger partial charge in [-0.3, -0.25) is 19.3 Å². The van der Waals surface area contributed by atoms with Gasteiger partial charge < -0.3 is 14.6 Å². The molecule has 4 atom stereocenters. The lowest BCUT2D eigenvalue weighted by Gasteiger charge is -2.42. The molecule has 5 rings (SSSR count). The van der Waals surface area contributed by atoms with E-state index in [1.807, 2.05) is 15.9 Å². The Hall–Kier alpha value is -2.15. The number of amides is 1. The molecular weight excluding hydrogens is 358 g/mol. The summed E-state index contributed by atoms with van der Waals surface area (Å²) in [6.07, 6.45) is 4.65. The van der Waals surface area contributed by atoms with Crippen molar-refractivity contribution in [3.63, 3.8) is 0 Å². The topological polar surface area (TPSA) is 82.8 Å². The molecule has 4 heterocycles. The molecule has 0 radical (unpaired) electrons. The zero-order valence-corrected chi connectivity index (χ0v) is 16.0. The third kappa shape index (κ3) is 2.96. The Morgan fingerprint density at radius 3 is 2.50 bits per heavy atom. The number of hydrogen-bond acceptors (Lipinski definition) is 4. The van der Waals surface area contributed by atoms with E-state index in [1.54, 1.807) is 10.6 Å². The number of carbonyl (C=O) groups excluding carboxylic acids is 1. The summed E-state index contributed by atoms with van der Waals surface area (Å²) in [5.74, 6) is 0.731.